The maximum Gasteiger partial charge on any atom is 0.270 e. The van der Waals surface area contributed by atoms with Gasteiger partial charge in [0.1, 0.15) is 10.6 Å². The van der Waals surface area contributed by atoms with E-state index in [-0.39, 0.29) is 15.8 Å². The van der Waals surface area contributed by atoms with Crippen LogP contribution in [0.2, 0.25) is 0 Å². The first-order chi connectivity index (χ1) is 7.51. The van der Waals surface area contributed by atoms with Gasteiger partial charge in [-0.1, -0.05) is 12.1 Å². The third-order valence-electron chi connectivity index (χ3n) is 1.76. The van der Waals surface area contributed by atoms with Crippen molar-refractivity contribution in [2.75, 3.05) is 14.2 Å². The molecule has 0 saturated heterocycles. The summed E-state index contributed by atoms with van der Waals surface area (Å²) in [6, 6.07) is 6.23. The van der Waals surface area contributed by atoms with Crippen LogP contribution in [0.1, 0.15) is 0 Å². The van der Waals surface area contributed by atoms with Crippen LogP contribution in [-0.2, 0) is 14.8 Å². The van der Waals surface area contributed by atoms with E-state index in [2.05, 4.69) is 21.7 Å². The molecule has 0 amide bonds. The van der Waals surface area contributed by atoms with Crippen LogP contribution in [0.15, 0.2) is 29.2 Å². The first-order valence-electron chi connectivity index (χ1n) is 4.25. The van der Waals surface area contributed by atoms with Crippen LogP contribution in [-0.4, -0.2) is 27.8 Å². The van der Waals surface area contributed by atoms with E-state index < -0.39 is 10.0 Å². The van der Waals surface area contributed by atoms with E-state index in [1.807, 2.05) is 0 Å². The molecule has 0 bridgehead atoms. The summed E-state index contributed by atoms with van der Waals surface area (Å²) in [5.74, 6) is 0.244. The zero-order valence-electron chi connectivity index (χ0n) is 8.76. The van der Waals surface area contributed by atoms with E-state index in [1.54, 1.807) is 18.2 Å². The Balaban J connectivity index is 3.12. The molecule has 5 nitrogen and oxygen atoms in total. The van der Waals surface area contributed by atoms with E-state index in [0.29, 0.717) is 0 Å². The summed E-state index contributed by atoms with van der Waals surface area (Å²) in [6.45, 7) is 0. The molecule has 0 saturated carbocycles. The Labute approximate surface area is 99.4 Å². The van der Waals surface area contributed by atoms with Crippen LogP contribution < -0.4 is 9.46 Å². The van der Waals surface area contributed by atoms with Crippen LogP contribution in [0.4, 0.5) is 0 Å². The Kier molecular flexibility index (Phi) is 4.08. The molecule has 88 valence electrons. The average Bonchev–Trinajstić information content (AvgIpc) is 2.28. The van der Waals surface area contributed by atoms with Gasteiger partial charge < -0.3 is 9.47 Å². The quantitative estimate of drug-likeness (QED) is 0.819. The summed E-state index contributed by atoms with van der Waals surface area (Å²) in [5, 5.41) is -0.217. The van der Waals surface area contributed by atoms with Gasteiger partial charge in [0.15, 0.2) is 0 Å². The first-order valence-corrected chi connectivity index (χ1v) is 6.14. The van der Waals surface area contributed by atoms with Gasteiger partial charge >= 0.3 is 0 Å². The van der Waals surface area contributed by atoms with Gasteiger partial charge in [-0.25, -0.2) is 13.1 Å². The fourth-order valence-electron chi connectivity index (χ4n) is 1.05. The Bertz CT molecular complexity index is 484. The number of thiocarbonyl (C=S) groups is 1. The molecule has 0 radical (unpaired) electrons. The highest BCUT2D eigenvalue weighted by atomic mass is 32.2. The number of hydrogen-bond donors (Lipinski definition) is 1. The maximum atomic E-state index is 11.8. The number of methoxy groups -OCH3 is 2. The Morgan fingerprint density at radius 2 is 1.94 bits per heavy atom. The SMILES string of the molecule is COC(=S)NS(=O)(=O)c1ccccc1OC. The molecular weight excluding hydrogens is 250 g/mol. The van der Waals surface area contributed by atoms with Gasteiger partial charge in [0, 0.05) is 0 Å². The van der Waals surface area contributed by atoms with E-state index in [9.17, 15) is 8.42 Å². The summed E-state index contributed by atoms with van der Waals surface area (Å²) < 4.78 is 35.3. The topological polar surface area (TPSA) is 64.6 Å². The Hall–Kier alpha value is -1.34. The summed E-state index contributed by atoms with van der Waals surface area (Å²) >= 11 is 4.63. The second kappa shape index (κ2) is 5.13. The van der Waals surface area contributed by atoms with Crippen LogP contribution >= 0.6 is 12.2 Å². The zero-order valence-corrected chi connectivity index (χ0v) is 10.4. The van der Waals surface area contributed by atoms with Crippen LogP contribution in [0.25, 0.3) is 0 Å². The first kappa shape index (κ1) is 12.7. The predicted molar refractivity (Wildman–Crippen MR) is 62.9 cm³/mol. The number of sulfonamides is 1. The van der Waals surface area contributed by atoms with Crippen LogP contribution in [0.3, 0.4) is 0 Å². The van der Waals surface area contributed by atoms with Crippen molar-refractivity contribution < 1.29 is 17.9 Å². The smallest absolute Gasteiger partial charge is 0.270 e. The third-order valence-corrected chi connectivity index (χ3v) is 3.53. The second-order valence-corrected chi connectivity index (χ2v) is 4.77. The number of ether oxygens (including phenoxy) is 2. The monoisotopic (exact) mass is 261 g/mol. The highest BCUT2D eigenvalue weighted by Gasteiger charge is 2.20. The van der Waals surface area contributed by atoms with Gasteiger partial charge in [0.25, 0.3) is 15.2 Å². The molecule has 1 aromatic carbocycles. The van der Waals surface area contributed by atoms with Crippen molar-refractivity contribution in [2.45, 2.75) is 4.90 Å². The van der Waals surface area contributed by atoms with Gasteiger partial charge in [-0.05, 0) is 24.4 Å². The molecule has 0 aliphatic heterocycles. The lowest BCUT2D eigenvalue weighted by Crippen LogP contribution is -2.30. The van der Waals surface area contributed by atoms with Crippen molar-refractivity contribution in [1.29, 1.82) is 0 Å². The molecule has 0 spiro atoms. The largest absolute Gasteiger partial charge is 0.495 e. The lowest BCUT2D eigenvalue weighted by atomic mass is 10.3. The average molecular weight is 261 g/mol. The van der Waals surface area contributed by atoms with Gasteiger partial charge in [-0.3, -0.25) is 0 Å². The molecule has 0 aliphatic rings. The molecule has 0 atom stereocenters. The van der Waals surface area contributed by atoms with Gasteiger partial charge in [-0.15, -0.1) is 0 Å². The number of nitrogens with one attached hydrogen (secondary N) is 1. The van der Waals surface area contributed by atoms with Gasteiger partial charge in [0.05, 0.1) is 14.2 Å². The fourth-order valence-corrected chi connectivity index (χ4v) is 2.46. The normalized spacial score (nSPS) is 10.6. The molecule has 16 heavy (non-hydrogen) atoms. The third kappa shape index (κ3) is 2.83. The van der Waals surface area contributed by atoms with Crippen LogP contribution in [0.5, 0.6) is 5.75 Å². The van der Waals surface area contributed by atoms with Crippen molar-refractivity contribution in [1.82, 2.24) is 4.72 Å². The highest BCUT2D eigenvalue weighted by molar-refractivity contribution is 7.91. The molecule has 0 aliphatic carbocycles. The number of para-hydroxylation sites is 1. The summed E-state index contributed by atoms with van der Waals surface area (Å²) in [7, 11) is -1.08. The maximum absolute atomic E-state index is 11.8. The predicted octanol–water partition coefficient (Wildman–Crippen LogP) is 0.905. The number of rotatable bonds is 3. The second-order valence-electron chi connectivity index (χ2n) is 2.75. The summed E-state index contributed by atoms with van der Waals surface area (Å²) in [6.07, 6.45) is 0. The standard InChI is InChI=1S/C9H11NO4S2/c1-13-7-5-3-4-6-8(7)16(11,12)10-9(15)14-2/h3-6H,1-2H3,(H,10,15). The summed E-state index contributed by atoms with van der Waals surface area (Å²) in [4.78, 5) is 0.0110. The molecule has 1 aromatic rings. The minimum Gasteiger partial charge on any atom is -0.495 e. The molecule has 7 heteroatoms. The minimum atomic E-state index is -3.76. The van der Waals surface area contributed by atoms with Crippen molar-refractivity contribution >= 4 is 27.4 Å². The lowest BCUT2D eigenvalue weighted by molar-refractivity contribution is 0.398. The Morgan fingerprint density at radius 3 is 2.50 bits per heavy atom. The fraction of sp³-hybridized carbons (Fsp3) is 0.222. The molecule has 0 aromatic heterocycles. The van der Waals surface area contributed by atoms with Gasteiger partial charge in [0.2, 0.25) is 0 Å². The van der Waals surface area contributed by atoms with E-state index >= 15 is 0 Å². The zero-order chi connectivity index (χ0) is 12.2. The molecule has 0 fully saturated rings. The van der Waals surface area contributed by atoms with Crippen LogP contribution in [0, 0.1) is 0 Å². The minimum absolute atomic E-state index is 0.0110. The van der Waals surface area contributed by atoms with Crippen molar-refractivity contribution in [3.05, 3.63) is 24.3 Å². The number of benzene rings is 1. The van der Waals surface area contributed by atoms with Crippen molar-refractivity contribution in [3.8, 4) is 5.75 Å². The van der Waals surface area contributed by atoms with Gasteiger partial charge in [-0.2, -0.15) is 0 Å². The Morgan fingerprint density at radius 1 is 1.31 bits per heavy atom. The van der Waals surface area contributed by atoms with E-state index in [4.69, 9.17) is 4.74 Å². The number of hydrogen-bond acceptors (Lipinski definition) is 5. The molecule has 1 N–H and O–H groups in total. The van der Waals surface area contributed by atoms with Crippen molar-refractivity contribution in [3.63, 3.8) is 0 Å². The molecule has 0 unspecified atom stereocenters. The van der Waals surface area contributed by atoms with E-state index in [1.165, 1.54) is 20.3 Å². The molecule has 0 heterocycles. The van der Waals surface area contributed by atoms with Crippen molar-refractivity contribution in [2.24, 2.45) is 0 Å². The molecular formula is C9H11NO4S2. The van der Waals surface area contributed by atoms with E-state index in [0.717, 1.165) is 0 Å². The highest BCUT2D eigenvalue weighted by Crippen LogP contribution is 2.22. The molecule has 1 rings (SSSR count). The lowest BCUT2D eigenvalue weighted by Gasteiger charge is -2.10. The summed E-state index contributed by atoms with van der Waals surface area (Å²) in [5.41, 5.74) is 0.